The van der Waals surface area contributed by atoms with Gasteiger partial charge in [-0.15, -0.1) is 0 Å². The number of hydrogen-bond donors (Lipinski definition) is 1. The summed E-state index contributed by atoms with van der Waals surface area (Å²) in [6.45, 7) is 7.57. The van der Waals surface area contributed by atoms with Crippen LogP contribution in [0.2, 0.25) is 0 Å². The predicted molar refractivity (Wildman–Crippen MR) is 73.2 cm³/mol. The van der Waals surface area contributed by atoms with Crippen molar-refractivity contribution in [3.63, 3.8) is 0 Å². The summed E-state index contributed by atoms with van der Waals surface area (Å²) in [6.07, 6.45) is 5.04. The maximum atomic E-state index is 12.0. The van der Waals surface area contributed by atoms with Crippen LogP contribution in [0.25, 0.3) is 0 Å². The minimum Gasteiger partial charge on any atom is -0.481 e. The second-order valence-corrected chi connectivity index (χ2v) is 4.92. The Bertz CT molecular complexity index is 402. The van der Waals surface area contributed by atoms with Gasteiger partial charge >= 0.3 is 12.1 Å². The van der Waals surface area contributed by atoms with Gasteiger partial charge in [0.1, 0.15) is 12.3 Å². The molecule has 0 aromatic heterocycles. The SMILES string of the molecule is C=CCOC(=O)N1C(/C=C/CCC(=O)O)COC1(C)C. The molecule has 1 fully saturated rings. The van der Waals surface area contributed by atoms with Crippen molar-refractivity contribution >= 4 is 12.1 Å². The molecule has 6 nitrogen and oxygen atoms in total. The number of rotatable bonds is 6. The molecule has 1 aliphatic heterocycles. The smallest absolute Gasteiger partial charge is 0.412 e. The third-order valence-electron chi connectivity index (χ3n) is 2.92. The number of carboxylic acid groups (broad SMARTS) is 1. The van der Waals surface area contributed by atoms with Crippen molar-refractivity contribution in [2.75, 3.05) is 13.2 Å². The summed E-state index contributed by atoms with van der Waals surface area (Å²) in [7, 11) is 0. The van der Waals surface area contributed by atoms with Crippen molar-refractivity contribution in [3.8, 4) is 0 Å². The van der Waals surface area contributed by atoms with Gasteiger partial charge in [0.25, 0.3) is 0 Å². The number of amides is 1. The van der Waals surface area contributed by atoms with Crippen molar-refractivity contribution in [2.45, 2.75) is 38.5 Å². The molecular formula is C14H21NO5. The topological polar surface area (TPSA) is 76.1 Å². The van der Waals surface area contributed by atoms with Crippen LogP contribution in [-0.2, 0) is 14.3 Å². The Kier molecular flexibility index (Phi) is 5.76. The standard InChI is InChI=1S/C14H21NO5/c1-4-9-19-13(18)15-11(10-20-14(15,2)3)7-5-6-8-12(16)17/h4-5,7,11H,1,6,8-10H2,2-3H3,(H,16,17)/b7-5+. The second-order valence-electron chi connectivity index (χ2n) is 4.92. The zero-order valence-corrected chi connectivity index (χ0v) is 11.9. The molecule has 0 radical (unpaired) electrons. The number of allylic oxidation sites excluding steroid dienone is 1. The first-order valence-corrected chi connectivity index (χ1v) is 6.48. The molecule has 0 saturated carbocycles. The van der Waals surface area contributed by atoms with Crippen LogP contribution < -0.4 is 0 Å². The van der Waals surface area contributed by atoms with Crippen LogP contribution in [0.15, 0.2) is 24.8 Å². The van der Waals surface area contributed by atoms with Crippen molar-refractivity contribution in [1.82, 2.24) is 4.90 Å². The highest BCUT2D eigenvalue weighted by Gasteiger charge is 2.43. The van der Waals surface area contributed by atoms with Gasteiger partial charge in [-0.1, -0.05) is 24.8 Å². The average Bonchev–Trinajstić information content (AvgIpc) is 2.67. The quantitative estimate of drug-likeness (QED) is 0.756. The molecule has 0 aliphatic carbocycles. The van der Waals surface area contributed by atoms with Crippen molar-refractivity contribution in [3.05, 3.63) is 24.8 Å². The van der Waals surface area contributed by atoms with Crippen LogP contribution in [0.3, 0.4) is 0 Å². The van der Waals surface area contributed by atoms with Crippen molar-refractivity contribution in [1.29, 1.82) is 0 Å². The number of hydrogen-bond acceptors (Lipinski definition) is 4. The molecule has 20 heavy (non-hydrogen) atoms. The van der Waals surface area contributed by atoms with Gasteiger partial charge in [0, 0.05) is 6.42 Å². The molecule has 1 amide bonds. The first-order chi connectivity index (χ1) is 9.38. The highest BCUT2D eigenvalue weighted by molar-refractivity contribution is 5.69. The minimum atomic E-state index is -0.847. The fraction of sp³-hybridized carbons (Fsp3) is 0.571. The van der Waals surface area contributed by atoms with Crippen LogP contribution in [0.1, 0.15) is 26.7 Å². The van der Waals surface area contributed by atoms with E-state index >= 15 is 0 Å². The summed E-state index contributed by atoms with van der Waals surface area (Å²) < 4.78 is 10.6. The van der Waals surface area contributed by atoms with Gasteiger partial charge in [0.05, 0.1) is 12.6 Å². The van der Waals surface area contributed by atoms with Gasteiger partial charge < -0.3 is 14.6 Å². The molecular weight excluding hydrogens is 262 g/mol. The highest BCUT2D eigenvalue weighted by atomic mass is 16.6. The van der Waals surface area contributed by atoms with E-state index in [1.807, 2.05) is 0 Å². The maximum absolute atomic E-state index is 12.0. The van der Waals surface area contributed by atoms with Crippen molar-refractivity contribution in [2.24, 2.45) is 0 Å². The molecule has 1 aliphatic rings. The molecule has 0 aromatic rings. The molecule has 1 unspecified atom stereocenters. The zero-order chi connectivity index (χ0) is 15.2. The zero-order valence-electron chi connectivity index (χ0n) is 11.9. The van der Waals surface area contributed by atoms with E-state index in [9.17, 15) is 9.59 Å². The summed E-state index contributed by atoms with van der Waals surface area (Å²) in [5.74, 6) is -0.847. The van der Waals surface area contributed by atoms with Gasteiger partial charge in [-0.05, 0) is 20.3 Å². The second kappa shape index (κ2) is 7.09. The fourth-order valence-electron chi connectivity index (χ4n) is 1.99. The Morgan fingerprint density at radius 3 is 2.85 bits per heavy atom. The number of aliphatic carboxylic acids is 1. The predicted octanol–water partition coefficient (Wildman–Crippen LogP) is 2.17. The molecule has 1 N–H and O–H groups in total. The molecule has 1 atom stereocenters. The third-order valence-corrected chi connectivity index (χ3v) is 2.92. The first kappa shape index (κ1) is 16.2. The summed E-state index contributed by atoms with van der Waals surface area (Å²) in [5, 5.41) is 8.57. The van der Waals surface area contributed by atoms with Gasteiger partial charge in [-0.3, -0.25) is 9.69 Å². The van der Waals surface area contributed by atoms with Crippen LogP contribution in [0, 0.1) is 0 Å². The number of nitrogens with zero attached hydrogens (tertiary/aromatic N) is 1. The molecule has 0 bridgehead atoms. The van der Waals surface area contributed by atoms with E-state index in [0.29, 0.717) is 13.0 Å². The van der Waals surface area contributed by atoms with E-state index in [0.717, 1.165) is 0 Å². The van der Waals surface area contributed by atoms with Gasteiger partial charge in [-0.2, -0.15) is 0 Å². The van der Waals surface area contributed by atoms with E-state index < -0.39 is 17.8 Å². The van der Waals surface area contributed by atoms with Crippen LogP contribution in [0.5, 0.6) is 0 Å². The number of carbonyl (C=O) groups is 2. The summed E-state index contributed by atoms with van der Waals surface area (Å²) in [4.78, 5) is 24.0. The third kappa shape index (κ3) is 4.38. The highest BCUT2D eigenvalue weighted by Crippen LogP contribution is 2.28. The summed E-state index contributed by atoms with van der Waals surface area (Å²) in [6, 6.07) is -0.254. The van der Waals surface area contributed by atoms with Gasteiger partial charge in [-0.25, -0.2) is 4.79 Å². The van der Waals surface area contributed by atoms with Gasteiger partial charge in [0.2, 0.25) is 0 Å². The van der Waals surface area contributed by atoms with Crippen molar-refractivity contribution < 1.29 is 24.2 Å². The Morgan fingerprint density at radius 1 is 1.55 bits per heavy atom. The lowest BCUT2D eigenvalue weighted by molar-refractivity contribution is -0.136. The molecule has 0 spiro atoms. The lowest BCUT2D eigenvalue weighted by atomic mass is 10.2. The molecule has 0 aromatic carbocycles. The lowest BCUT2D eigenvalue weighted by Crippen LogP contribution is -2.47. The number of ether oxygens (including phenoxy) is 2. The van der Waals surface area contributed by atoms with Crippen LogP contribution in [-0.4, -0.2) is 47.0 Å². The fourth-order valence-corrected chi connectivity index (χ4v) is 1.99. The average molecular weight is 283 g/mol. The Hall–Kier alpha value is -1.82. The Balaban J connectivity index is 2.66. The monoisotopic (exact) mass is 283 g/mol. The molecule has 1 heterocycles. The number of carbonyl (C=O) groups excluding carboxylic acids is 1. The normalized spacial score (nSPS) is 21.1. The largest absolute Gasteiger partial charge is 0.481 e. The van der Waals surface area contributed by atoms with Crippen LogP contribution >= 0.6 is 0 Å². The summed E-state index contributed by atoms with van der Waals surface area (Å²) >= 11 is 0. The van der Waals surface area contributed by atoms with Crippen LogP contribution in [0.4, 0.5) is 4.79 Å². The van der Waals surface area contributed by atoms with E-state index in [1.54, 1.807) is 26.0 Å². The lowest BCUT2D eigenvalue weighted by Gasteiger charge is -2.31. The minimum absolute atomic E-state index is 0.0639. The molecule has 1 rings (SSSR count). The Morgan fingerprint density at radius 2 is 2.25 bits per heavy atom. The van der Waals surface area contributed by atoms with E-state index in [1.165, 1.54) is 11.0 Å². The first-order valence-electron chi connectivity index (χ1n) is 6.48. The van der Waals surface area contributed by atoms with E-state index in [4.69, 9.17) is 14.6 Å². The molecule has 6 heteroatoms. The number of carboxylic acids is 1. The molecule has 1 saturated heterocycles. The van der Waals surface area contributed by atoms with E-state index in [2.05, 4.69) is 6.58 Å². The summed E-state index contributed by atoms with van der Waals surface area (Å²) in [5.41, 5.74) is -0.750. The maximum Gasteiger partial charge on any atom is 0.412 e. The van der Waals surface area contributed by atoms with Gasteiger partial charge in [0.15, 0.2) is 0 Å². The molecule has 112 valence electrons. The Labute approximate surface area is 118 Å². The van der Waals surface area contributed by atoms with E-state index in [-0.39, 0.29) is 19.1 Å².